The van der Waals surface area contributed by atoms with Crippen LogP contribution in [-0.2, 0) is 5.41 Å². The molecule has 0 bridgehead atoms. The normalized spacial score (nSPS) is 18.3. The lowest BCUT2D eigenvalue weighted by atomic mass is 9.93. The van der Waals surface area contributed by atoms with E-state index in [0.717, 1.165) is 36.6 Å². The summed E-state index contributed by atoms with van der Waals surface area (Å²) in [5, 5.41) is 15.2. The van der Waals surface area contributed by atoms with Gasteiger partial charge >= 0.3 is 6.03 Å². The second kappa shape index (κ2) is 6.96. The van der Waals surface area contributed by atoms with Crippen LogP contribution in [0, 0.1) is 5.92 Å². The van der Waals surface area contributed by atoms with Crippen LogP contribution in [0.25, 0.3) is 0 Å². The first kappa shape index (κ1) is 17.2. The van der Waals surface area contributed by atoms with Crippen LogP contribution in [0.2, 0.25) is 0 Å². The molecule has 0 radical (unpaired) electrons. The van der Waals surface area contributed by atoms with Crippen LogP contribution in [0.5, 0.6) is 0 Å². The molecule has 22 heavy (non-hydrogen) atoms. The molecule has 2 amide bonds. The van der Waals surface area contributed by atoms with Gasteiger partial charge in [-0.05, 0) is 25.7 Å². The molecule has 5 nitrogen and oxygen atoms in total. The zero-order valence-corrected chi connectivity index (χ0v) is 14.7. The number of carbonyl (C=O) groups excluding carboxylic acids is 1. The van der Waals surface area contributed by atoms with Crippen molar-refractivity contribution >= 4 is 17.4 Å². The SMILES string of the molecule is C[C@H](NC(=O)N1CCC(CO)CC1)c1nc(C(C)(C)C)cs1. The van der Waals surface area contributed by atoms with Crippen molar-refractivity contribution in [2.24, 2.45) is 5.92 Å². The van der Waals surface area contributed by atoms with Gasteiger partial charge in [0, 0.05) is 30.5 Å². The van der Waals surface area contributed by atoms with E-state index in [4.69, 9.17) is 5.11 Å². The van der Waals surface area contributed by atoms with Crippen molar-refractivity contribution in [3.63, 3.8) is 0 Å². The highest BCUT2D eigenvalue weighted by Gasteiger charge is 2.25. The first-order valence-corrected chi connectivity index (χ1v) is 8.81. The molecule has 1 aliphatic rings. The maximum Gasteiger partial charge on any atom is 0.317 e. The highest BCUT2D eigenvalue weighted by atomic mass is 32.1. The molecule has 1 fully saturated rings. The average molecular weight is 325 g/mol. The second-order valence-electron chi connectivity index (χ2n) is 7.11. The molecule has 1 aliphatic heterocycles. The summed E-state index contributed by atoms with van der Waals surface area (Å²) in [5.41, 5.74) is 1.10. The predicted molar refractivity (Wildman–Crippen MR) is 89.1 cm³/mol. The summed E-state index contributed by atoms with van der Waals surface area (Å²) < 4.78 is 0. The van der Waals surface area contributed by atoms with Crippen molar-refractivity contribution in [3.8, 4) is 0 Å². The van der Waals surface area contributed by atoms with Gasteiger partial charge in [-0.25, -0.2) is 9.78 Å². The maximum atomic E-state index is 12.3. The summed E-state index contributed by atoms with van der Waals surface area (Å²) in [6.45, 7) is 10.1. The van der Waals surface area contributed by atoms with Crippen molar-refractivity contribution in [2.45, 2.75) is 52.0 Å². The molecular weight excluding hydrogens is 298 g/mol. The van der Waals surface area contributed by atoms with E-state index in [1.165, 1.54) is 0 Å². The van der Waals surface area contributed by atoms with Gasteiger partial charge < -0.3 is 15.3 Å². The van der Waals surface area contributed by atoms with Crippen molar-refractivity contribution in [2.75, 3.05) is 19.7 Å². The number of urea groups is 1. The fourth-order valence-electron chi connectivity index (χ4n) is 2.49. The lowest BCUT2D eigenvalue weighted by Crippen LogP contribution is -2.45. The highest BCUT2D eigenvalue weighted by Crippen LogP contribution is 2.27. The number of aromatic nitrogens is 1. The van der Waals surface area contributed by atoms with Crippen LogP contribution in [0.3, 0.4) is 0 Å². The van der Waals surface area contributed by atoms with Gasteiger partial charge in [-0.2, -0.15) is 0 Å². The second-order valence-corrected chi connectivity index (χ2v) is 7.99. The number of aliphatic hydroxyl groups is 1. The van der Waals surface area contributed by atoms with Gasteiger partial charge in [0.05, 0.1) is 11.7 Å². The van der Waals surface area contributed by atoms with E-state index in [-0.39, 0.29) is 24.1 Å². The zero-order valence-electron chi connectivity index (χ0n) is 13.9. The number of carbonyl (C=O) groups is 1. The van der Waals surface area contributed by atoms with Crippen molar-refractivity contribution in [1.82, 2.24) is 15.2 Å². The van der Waals surface area contributed by atoms with Gasteiger partial charge in [-0.15, -0.1) is 11.3 Å². The Morgan fingerprint density at radius 3 is 2.64 bits per heavy atom. The molecule has 2 N–H and O–H groups in total. The fraction of sp³-hybridized carbons (Fsp3) is 0.750. The van der Waals surface area contributed by atoms with Gasteiger partial charge in [-0.1, -0.05) is 20.8 Å². The summed E-state index contributed by atoms with van der Waals surface area (Å²) in [5.74, 6) is 0.342. The molecule has 1 aromatic rings. The molecule has 1 aromatic heterocycles. The Kier molecular flexibility index (Phi) is 5.45. The lowest BCUT2D eigenvalue weighted by Gasteiger charge is -2.31. The molecule has 0 unspecified atom stereocenters. The van der Waals surface area contributed by atoms with E-state index in [0.29, 0.717) is 5.92 Å². The van der Waals surface area contributed by atoms with Crippen molar-refractivity contribution in [1.29, 1.82) is 0 Å². The summed E-state index contributed by atoms with van der Waals surface area (Å²) >= 11 is 1.60. The number of hydrogen-bond acceptors (Lipinski definition) is 4. The van der Waals surface area contributed by atoms with E-state index in [2.05, 4.69) is 36.5 Å². The highest BCUT2D eigenvalue weighted by molar-refractivity contribution is 7.09. The number of thiazole rings is 1. The molecule has 1 saturated heterocycles. The van der Waals surface area contributed by atoms with E-state index in [9.17, 15) is 4.79 Å². The zero-order chi connectivity index (χ0) is 16.3. The third kappa shape index (κ3) is 4.20. The molecule has 124 valence electrons. The summed E-state index contributed by atoms with van der Waals surface area (Å²) in [4.78, 5) is 18.8. The van der Waals surface area contributed by atoms with E-state index >= 15 is 0 Å². The van der Waals surface area contributed by atoms with Crippen molar-refractivity contribution in [3.05, 3.63) is 16.1 Å². The summed E-state index contributed by atoms with van der Waals surface area (Å²) in [6, 6.07) is -0.111. The molecule has 6 heteroatoms. The number of piperidine rings is 1. The molecule has 2 heterocycles. The average Bonchev–Trinajstić information content (AvgIpc) is 2.97. The Morgan fingerprint density at radius 2 is 2.14 bits per heavy atom. The Labute approximate surface area is 136 Å². The molecule has 0 aliphatic carbocycles. The third-order valence-electron chi connectivity index (χ3n) is 4.16. The van der Waals surface area contributed by atoms with Crippen LogP contribution < -0.4 is 5.32 Å². The molecule has 0 saturated carbocycles. The summed E-state index contributed by atoms with van der Waals surface area (Å²) in [6.07, 6.45) is 1.76. The van der Waals surface area contributed by atoms with Crippen LogP contribution in [-0.4, -0.2) is 40.7 Å². The topological polar surface area (TPSA) is 65.5 Å². The summed E-state index contributed by atoms with van der Waals surface area (Å²) in [7, 11) is 0. The Morgan fingerprint density at radius 1 is 1.50 bits per heavy atom. The van der Waals surface area contributed by atoms with Gasteiger partial charge in [0.25, 0.3) is 0 Å². The molecule has 0 aromatic carbocycles. The molecular formula is C16H27N3O2S. The van der Waals surface area contributed by atoms with Gasteiger partial charge in [-0.3, -0.25) is 0 Å². The first-order chi connectivity index (χ1) is 10.3. The number of amides is 2. The van der Waals surface area contributed by atoms with Crippen LogP contribution in [0.15, 0.2) is 5.38 Å². The molecule has 2 rings (SSSR count). The Bertz CT molecular complexity index is 502. The molecule has 1 atom stereocenters. The first-order valence-electron chi connectivity index (χ1n) is 7.93. The predicted octanol–water partition coefficient (Wildman–Crippen LogP) is 2.92. The number of rotatable bonds is 3. The minimum atomic E-state index is -0.0795. The lowest BCUT2D eigenvalue weighted by molar-refractivity contribution is 0.136. The standard InChI is InChI=1S/C16H27N3O2S/c1-11(14-18-13(10-22-14)16(2,3)4)17-15(21)19-7-5-12(9-20)6-8-19/h10-12,20H,5-9H2,1-4H3,(H,17,21)/t11-/m0/s1. The smallest absolute Gasteiger partial charge is 0.317 e. The monoisotopic (exact) mass is 325 g/mol. The number of nitrogens with one attached hydrogen (secondary N) is 1. The number of hydrogen-bond donors (Lipinski definition) is 2. The van der Waals surface area contributed by atoms with E-state index in [1.807, 2.05) is 11.8 Å². The maximum absolute atomic E-state index is 12.3. The Balaban J connectivity index is 1.90. The Hall–Kier alpha value is -1.14. The van der Waals surface area contributed by atoms with Gasteiger partial charge in [0.1, 0.15) is 5.01 Å². The number of nitrogens with zero attached hydrogens (tertiary/aromatic N) is 2. The van der Waals surface area contributed by atoms with Crippen LogP contribution in [0.1, 0.15) is 57.3 Å². The van der Waals surface area contributed by atoms with Crippen LogP contribution >= 0.6 is 11.3 Å². The fourth-order valence-corrected chi connectivity index (χ4v) is 3.54. The van der Waals surface area contributed by atoms with Crippen molar-refractivity contribution < 1.29 is 9.90 Å². The van der Waals surface area contributed by atoms with Gasteiger partial charge in [0.2, 0.25) is 0 Å². The van der Waals surface area contributed by atoms with Crippen LogP contribution in [0.4, 0.5) is 4.79 Å². The van der Waals surface area contributed by atoms with E-state index < -0.39 is 0 Å². The van der Waals surface area contributed by atoms with Gasteiger partial charge in [0.15, 0.2) is 0 Å². The number of likely N-dealkylation sites (tertiary alicyclic amines) is 1. The quantitative estimate of drug-likeness (QED) is 0.898. The molecule has 0 spiro atoms. The number of aliphatic hydroxyl groups excluding tert-OH is 1. The van der Waals surface area contributed by atoms with E-state index in [1.54, 1.807) is 11.3 Å². The third-order valence-corrected chi connectivity index (χ3v) is 5.19. The minimum absolute atomic E-state index is 0.0311. The largest absolute Gasteiger partial charge is 0.396 e. The minimum Gasteiger partial charge on any atom is -0.396 e.